The van der Waals surface area contributed by atoms with Crippen molar-refractivity contribution >= 4 is 22.9 Å². The van der Waals surface area contributed by atoms with Crippen LogP contribution in [0.2, 0.25) is 0 Å². The van der Waals surface area contributed by atoms with Gasteiger partial charge in [0.15, 0.2) is 0 Å². The van der Waals surface area contributed by atoms with E-state index in [-0.39, 0.29) is 0 Å². The van der Waals surface area contributed by atoms with E-state index in [1.807, 2.05) is 0 Å². The molecule has 0 heteroatoms. The van der Waals surface area contributed by atoms with Crippen LogP contribution < -0.4 is 0 Å². The quantitative estimate of drug-likeness (QED) is 0.581. The van der Waals surface area contributed by atoms with Crippen LogP contribution in [-0.4, -0.2) is 0 Å². The molecule has 20 heavy (non-hydrogen) atoms. The first-order valence-corrected chi connectivity index (χ1v) is 7.68. The van der Waals surface area contributed by atoms with Crippen molar-refractivity contribution in [3.8, 4) is 0 Å². The molecule has 2 atom stereocenters. The Labute approximate surface area is 120 Å². The fourth-order valence-electron chi connectivity index (χ4n) is 3.88. The standard InChI is InChI=1S/C20H20/c1-13-10-11-17-15-7-3-4-8-16(15)18-9-5-6-14(2)20(18)19(17)12-13/h3-5,7-11,13-14H,6,12H2,1-2H3. The van der Waals surface area contributed by atoms with Crippen LogP contribution in [0.3, 0.4) is 0 Å². The second-order valence-corrected chi connectivity index (χ2v) is 6.34. The third kappa shape index (κ3) is 1.61. The van der Waals surface area contributed by atoms with E-state index in [9.17, 15) is 0 Å². The summed E-state index contributed by atoms with van der Waals surface area (Å²) in [5, 5.41) is 2.84. The van der Waals surface area contributed by atoms with E-state index in [2.05, 4.69) is 62.4 Å². The van der Waals surface area contributed by atoms with Crippen molar-refractivity contribution in [1.82, 2.24) is 0 Å². The zero-order chi connectivity index (χ0) is 13.7. The highest BCUT2D eigenvalue weighted by atomic mass is 14.3. The molecule has 0 spiro atoms. The maximum absolute atomic E-state index is 2.38. The number of allylic oxidation sites excluding steroid dienone is 2. The monoisotopic (exact) mass is 260 g/mol. The lowest BCUT2D eigenvalue weighted by molar-refractivity contribution is 0.687. The topological polar surface area (TPSA) is 0 Å². The third-order valence-corrected chi connectivity index (χ3v) is 4.83. The van der Waals surface area contributed by atoms with E-state index in [1.54, 1.807) is 11.1 Å². The minimum absolute atomic E-state index is 0.645. The van der Waals surface area contributed by atoms with Gasteiger partial charge in [-0.15, -0.1) is 0 Å². The molecule has 2 aliphatic rings. The van der Waals surface area contributed by atoms with Crippen molar-refractivity contribution in [3.05, 3.63) is 58.7 Å². The van der Waals surface area contributed by atoms with E-state index < -0.39 is 0 Å². The highest BCUT2D eigenvalue weighted by Gasteiger charge is 2.24. The molecule has 0 fully saturated rings. The SMILES string of the molecule is CC1C=Cc2c(c3c(c4ccccc24)C=CCC3C)C1. The Hall–Kier alpha value is -1.82. The van der Waals surface area contributed by atoms with Gasteiger partial charge in [0.2, 0.25) is 0 Å². The molecular formula is C20H20. The average Bonchev–Trinajstić information content (AvgIpc) is 2.47. The summed E-state index contributed by atoms with van der Waals surface area (Å²) < 4.78 is 0. The first-order chi connectivity index (χ1) is 9.75. The summed E-state index contributed by atoms with van der Waals surface area (Å²) in [6.07, 6.45) is 11.8. The Morgan fingerprint density at radius 2 is 1.70 bits per heavy atom. The van der Waals surface area contributed by atoms with Gasteiger partial charge in [0.05, 0.1) is 0 Å². The van der Waals surface area contributed by atoms with Gasteiger partial charge in [-0.1, -0.05) is 62.4 Å². The van der Waals surface area contributed by atoms with Crippen LogP contribution in [0, 0.1) is 5.92 Å². The van der Waals surface area contributed by atoms with Crippen molar-refractivity contribution < 1.29 is 0 Å². The highest BCUT2D eigenvalue weighted by Crippen LogP contribution is 2.42. The van der Waals surface area contributed by atoms with Crippen LogP contribution in [-0.2, 0) is 6.42 Å². The maximum Gasteiger partial charge on any atom is -0.0102 e. The predicted molar refractivity (Wildman–Crippen MR) is 87.9 cm³/mol. The number of fused-ring (bicyclic) bond motifs is 6. The molecule has 0 amide bonds. The fraction of sp³-hybridized carbons (Fsp3) is 0.300. The summed E-state index contributed by atoms with van der Waals surface area (Å²) in [7, 11) is 0. The van der Waals surface area contributed by atoms with Crippen LogP contribution in [0.1, 0.15) is 48.4 Å². The van der Waals surface area contributed by atoms with Crippen LogP contribution >= 0.6 is 0 Å². The summed E-state index contributed by atoms with van der Waals surface area (Å²) in [4.78, 5) is 0. The fourth-order valence-corrected chi connectivity index (χ4v) is 3.88. The molecule has 0 bridgehead atoms. The summed E-state index contributed by atoms with van der Waals surface area (Å²) in [6.45, 7) is 4.70. The van der Waals surface area contributed by atoms with Gasteiger partial charge in [-0.3, -0.25) is 0 Å². The molecular weight excluding hydrogens is 240 g/mol. The Kier molecular flexibility index (Phi) is 2.60. The molecule has 0 aliphatic heterocycles. The summed E-state index contributed by atoms with van der Waals surface area (Å²) in [5.74, 6) is 1.30. The largest absolute Gasteiger partial charge is 0.0833 e. The van der Waals surface area contributed by atoms with Gasteiger partial charge in [-0.05, 0) is 57.7 Å². The second-order valence-electron chi connectivity index (χ2n) is 6.34. The Balaban J connectivity index is 2.17. The van der Waals surface area contributed by atoms with E-state index in [0.717, 1.165) is 0 Å². The molecule has 2 aromatic rings. The Morgan fingerprint density at radius 3 is 2.50 bits per heavy atom. The van der Waals surface area contributed by atoms with E-state index in [0.29, 0.717) is 11.8 Å². The van der Waals surface area contributed by atoms with Crippen LogP contribution in [0.4, 0.5) is 0 Å². The predicted octanol–water partition coefficient (Wildman–Crippen LogP) is 5.57. The van der Waals surface area contributed by atoms with Crippen LogP contribution in [0.25, 0.3) is 22.9 Å². The molecule has 0 N–H and O–H groups in total. The molecule has 0 radical (unpaired) electrons. The normalized spacial score (nSPS) is 23.7. The molecule has 0 heterocycles. The summed E-state index contributed by atoms with van der Waals surface area (Å²) in [5.41, 5.74) is 6.16. The summed E-state index contributed by atoms with van der Waals surface area (Å²) in [6, 6.07) is 8.89. The lowest BCUT2D eigenvalue weighted by Gasteiger charge is -2.29. The van der Waals surface area contributed by atoms with Crippen LogP contribution in [0.5, 0.6) is 0 Å². The van der Waals surface area contributed by atoms with E-state index >= 15 is 0 Å². The van der Waals surface area contributed by atoms with Crippen molar-refractivity contribution in [1.29, 1.82) is 0 Å². The van der Waals surface area contributed by atoms with Gasteiger partial charge in [0.25, 0.3) is 0 Å². The molecule has 2 aromatic carbocycles. The van der Waals surface area contributed by atoms with Crippen molar-refractivity contribution in [2.75, 3.05) is 0 Å². The average molecular weight is 260 g/mol. The lowest BCUT2D eigenvalue weighted by atomic mass is 9.75. The number of hydrogen-bond acceptors (Lipinski definition) is 0. The number of benzene rings is 2. The van der Waals surface area contributed by atoms with Crippen molar-refractivity contribution in [3.63, 3.8) is 0 Å². The zero-order valence-corrected chi connectivity index (χ0v) is 12.2. The van der Waals surface area contributed by atoms with Crippen LogP contribution in [0.15, 0.2) is 36.4 Å². The minimum Gasteiger partial charge on any atom is -0.0833 e. The molecule has 2 unspecified atom stereocenters. The van der Waals surface area contributed by atoms with Gasteiger partial charge in [0, 0.05) is 0 Å². The first kappa shape index (κ1) is 12.0. The highest BCUT2D eigenvalue weighted by molar-refractivity contribution is 6.00. The summed E-state index contributed by atoms with van der Waals surface area (Å²) >= 11 is 0. The number of hydrogen-bond donors (Lipinski definition) is 0. The third-order valence-electron chi connectivity index (χ3n) is 4.83. The maximum atomic E-state index is 2.38. The molecule has 4 rings (SSSR count). The smallest absolute Gasteiger partial charge is 0.0102 e. The lowest BCUT2D eigenvalue weighted by Crippen LogP contribution is -2.13. The molecule has 100 valence electrons. The first-order valence-electron chi connectivity index (χ1n) is 7.68. The molecule has 0 saturated carbocycles. The van der Waals surface area contributed by atoms with Gasteiger partial charge in [0.1, 0.15) is 0 Å². The molecule has 0 saturated heterocycles. The number of rotatable bonds is 0. The molecule has 0 aromatic heterocycles. The van der Waals surface area contributed by atoms with Crippen molar-refractivity contribution in [2.45, 2.75) is 32.6 Å². The Bertz CT molecular complexity index is 746. The second kappa shape index (κ2) is 4.34. The minimum atomic E-state index is 0.645. The van der Waals surface area contributed by atoms with Gasteiger partial charge in [-0.2, -0.15) is 0 Å². The van der Waals surface area contributed by atoms with Gasteiger partial charge in [-0.25, -0.2) is 0 Å². The van der Waals surface area contributed by atoms with Crippen molar-refractivity contribution in [2.24, 2.45) is 5.92 Å². The van der Waals surface area contributed by atoms with E-state index in [4.69, 9.17) is 0 Å². The molecule has 0 nitrogen and oxygen atoms in total. The van der Waals surface area contributed by atoms with E-state index in [1.165, 1.54) is 34.7 Å². The zero-order valence-electron chi connectivity index (χ0n) is 12.2. The van der Waals surface area contributed by atoms with Gasteiger partial charge >= 0.3 is 0 Å². The Morgan fingerprint density at radius 1 is 0.950 bits per heavy atom. The van der Waals surface area contributed by atoms with Gasteiger partial charge < -0.3 is 0 Å². The molecule has 2 aliphatic carbocycles.